The van der Waals surface area contributed by atoms with Crippen LogP contribution >= 0.6 is 0 Å². The number of fused-ring (bicyclic) bond motifs is 1. The quantitative estimate of drug-likeness (QED) is 0.588. The lowest BCUT2D eigenvalue weighted by Gasteiger charge is -2.17. The molecule has 4 nitrogen and oxygen atoms in total. The predicted molar refractivity (Wildman–Crippen MR) is 41.1 cm³/mol. The number of carbonyl (C=O) groups is 1. The Kier molecular flexibility index (Phi) is 1.40. The Labute approximate surface area is 69.0 Å². The molecule has 2 heterocycles. The summed E-state index contributed by atoms with van der Waals surface area (Å²) in [6.07, 6.45) is 6.94. The molecule has 2 rings (SSSR count). The summed E-state index contributed by atoms with van der Waals surface area (Å²) in [6.45, 7) is 0. The fourth-order valence-corrected chi connectivity index (χ4v) is 1.14. The fourth-order valence-electron chi connectivity index (χ4n) is 1.14. The minimum Gasteiger partial charge on any atom is -0.489 e. The Morgan fingerprint density at radius 2 is 2.50 bits per heavy atom. The zero-order valence-electron chi connectivity index (χ0n) is 6.18. The Bertz CT molecular complexity index is 303. The summed E-state index contributed by atoms with van der Waals surface area (Å²) in [4.78, 5) is 11.6. The van der Waals surface area contributed by atoms with Crippen molar-refractivity contribution in [1.29, 1.82) is 0 Å². The van der Waals surface area contributed by atoms with Crippen LogP contribution in [-0.4, -0.2) is 22.2 Å². The van der Waals surface area contributed by atoms with E-state index in [-0.39, 0.29) is 6.10 Å². The lowest BCUT2D eigenvalue weighted by atomic mass is 10.1. The van der Waals surface area contributed by atoms with Crippen molar-refractivity contribution in [2.45, 2.75) is 6.10 Å². The third kappa shape index (κ3) is 0.972. The van der Waals surface area contributed by atoms with Crippen molar-refractivity contribution in [3.8, 4) is 0 Å². The van der Waals surface area contributed by atoms with Crippen LogP contribution in [-0.2, 0) is 4.74 Å². The molecule has 62 valence electrons. The molecule has 0 saturated carbocycles. The molecule has 12 heavy (non-hydrogen) atoms. The monoisotopic (exact) mass is 165 g/mol. The molecule has 0 aromatic carbocycles. The number of carboxylic acid groups (broad SMARTS) is 1. The van der Waals surface area contributed by atoms with E-state index in [0.717, 1.165) is 10.5 Å². The zero-order chi connectivity index (χ0) is 8.55. The van der Waals surface area contributed by atoms with Crippen LogP contribution < -0.4 is 0 Å². The topological polar surface area (TPSA) is 49.8 Å². The van der Waals surface area contributed by atoms with Gasteiger partial charge in [-0.05, 0) is 12.2 Å². The molecule has 0 aliphatic carbocycles. The molecule has 4 heteroatoms. The van der Waals surface area contributed by atoms with E-state index in [9.17, 15) is 4.79 Å². The van der Waals surface area contributed by atoms with Crippen LogP contribution in [0, 0.1) is 0 Å². The Hall–Kier alpha value is -1.71. The molecule has 0 aromatic rings. The van der Waals surface area contributed by atoms with Gasteiger partial charge in [-0.25, -0.2) is 4.79 Å². The molecule has 0 spiro atoms. The van der Waals surface area contributed by atoms with Gasteiger partial charge in [0, 0.05) is 18.0 Å². The molecule has 2 aliphatic heterocycles. The summed E-state index contributed by atoms with van der Waals surface area (Å²) in [7, 11) is 0. The van der Waals surface area contributed by atoms with Crippen LogP contribution in [0.25, 0.3) is 0 Å². The zero-order valence-corrected chi connectivity index (χ0v) is 6.18. The smallest absolute Gasteiger partial charge is 0.415 e. The van der Waals surface area contributed by atoms with Gasteiger partial charge in [0.05, 0.1) is 6.26 Å². The maximum atomic E-state index is 10.5. The van der Waals surface area contributed by atoms with Crippen LogP contribution in [0.15, 0.2) is 36.4 Å². The van der Waals surface area contributed by atoms with E-state index in [1.54, 1.807) is 18.4 Å². The number of nitrogens with zero attached hydrogens (tertiary/aromatic N) is 1. The third-order valence-electron chi connectivity index (χ3n) is 1.74. The SMILES string of the molecule is O=C(O)N1C=CC2OC=CC2=C1. The van der Waals surface area contributed by atoms with Crippen molar-refractivity contribution in [3.63, 3.8) is 0 Å². The van der Waals surface area contributed by atoms with Crippen molar-refractivity contribution < 1.29 is 14.6 Å². The summed E-state index contributed by atoms with van der Waals surface area (Å²) in [5.74, 6) is 0. The Morgan fingerprint density at radius 1 is 1.67 bits per heavy atom. The first-order valence-corrected chi connectivity index (χ1v) is 3.51. The second-order valence-electron chi connectivity index (χ2n) is 2.52. The highest BCUT2D eigenvalue weighted by Crippen LogP contribution is 2.22. The number of rotatable bonds is 0. The third-order valence-corrected chi connectivity index (χ3v) is 1.74. The van der Waals surface area contributed by atoms with Gasteiger partial charge in [-0.3, -0.25) is 4.90 Å². The van der Waals surface area contributed by atoms with Crippen molar-refractivity contribution in [1.82, 2.24) is 4.90 Å². The van der Waals surface area contributed by atoms with Gasteiger partial charge in [-0.15, -0.1) is 0 Å². The molecule has 0 saturated heterocycles. The summed E-state index contributed by atoms with van der Waals surface area (Å²) >= 11 is 0. The van der Waals surface area contributed by atoms with Gasteiger partial charge in [0.1, 0.15) is 6.10 Å². The molecule has 1 N–H and O–H groups in total. The van der Waals surface area contributed by atoms with E-state index in [1.165, 1.54) is 12.4 Å². The molecule has 0 bridgehead atoms. The average molecular weight is 165 g/mol. The molecule has 0 radical (unpaired) electrons. The minimum absolute atomic E-state index is 0.0967. The molecule has 0 aromatic heterocycles. The van der Waals surface area contributed by atoms with Crippen molar-refractivity contribution >= 4 is 6.09 Å². The summed E-state index contributed by atoms with van der Waals surface area (Å²) in [6, 6.07) is 0. The fraction of sp³-hybridized carbons (Fsp3) is 0.125. The molecule has 0 fully saturated rings. The highest BCUT2D eigenvalue weighted by Gasteiger charge is 2.21. The van der Waals surface area contributed by atoms with E-state index >= 15 is 0 Å². The van der Waals surface area contributed by atoms with Gasteiger partial charge in [0.25, 0.3) is 0 Å². The molecule has 1 atom stereocenters. The summed E-state index contributed by atoms with van der Waals surface area (Å²) in [5.41, 5.74) is 0.861. The van der Waals surface area contributed by atoms with Crippen LogP contribution in [0.5, 0.6) is 0 Å². The van der Waals surface area contributed by atoms with Crippen molar-refractivity contribution in [2.24, 2.45) is 0 Å². The number of hydrogen-bond acceptors (Lipinski definition) is 2. The minimum atomic E-state index is -0.988. The van der Waals surface area contributed by atoms with Gasteiger partial charge >= 0.3 is 6.09 Å². The summed E-state index contributed by atoms with van der Waals surface area (Å²) in [5, 5.41) is 8.62. The standard InChI is InChI=1S/C8H7NO3/c10-8(11)9-3-1-7-6(5-9)2-4-12-7/h1-5,7H,(H,10,11). The largest absolute Gasteiger partial charge is 0.489 e. The van der Waals surface area contributed by atoms with Crippen LogP contribution in [0.4, 0.5) is 4.79 Å². The van der Waals surface area contributed by atoms with Crippen molar-refractivity contribution in [3.05, 3.63) is 36.4 Å². The van der Waals surface area contributed by atoms with Crippen LogP contribution in [0.3, 0.4) is 0 Å². The van der Waals surface area contributed by atoms with E-state index in [1.807, 2.05) is 0 Å². The first kappa shape index (κ1) is 6.97. The van der Waals surface area contributed by atoms with Gasteiger partial charge in [-0.2, -0.15) is 0 Å². The number of amides is 1. The first-order valence-electron chi connectivity index (χ1n) is 3.51. The van der Waals surface area contributed by atoms with Gasteiger partial charge in [0.15, 0.2) is 0 Å². The van der Waals surface area contributed by atoms with E-state index in [2.05, 4.69) is 0 Å². The normalized spacial score (nSPS) is 24.8. The number of hydrogen-bond donors (Lipinski definition) is 1. The maximum Gasteiger partial charge on any atom is 0.415 e. The van der Waals surface area contributed by atoms with E-state index in [4.69, 9.17) is 9.84 Å². The van der Waals surface area contributed by atoms with Gasteiger partial charge in [0.2, 0.25) is 0 Å². The molecular weight excluding hydrogens is 158 g/mol. The molecule has 2 aliphatic rings. The lowest BCUT2D eigenvalue weighted by molar-refractivity contribution is 0.172. The van der Waals surface area contributed by atoms with Gasteiger partial charge < -0.3 is 9.84 Å². The first-order chi connectivity index (χ1) is 5.77. The second kappa shape index (κ2) is 2.41. The number of ether oxygens (including phenoxy) is 1. The predicted octanol–water partition coefficient (Wildman–Crippen LogP) is 1.29. The molecule has 1 unspecified atom stereocenters. The molecular formula is C8H7NO3. The van der Waals surface area contributed by atoms with Crippen molar-refractivity contribution in [2.75, 3.05) is 0 Å². The molecule has 1 amide bonds. The van der Waals surface area contributed by atoms with Gasteiger partial charge in [-0.1, -0.05) is 0 Å². The maximum absolute atomic E-state index is 10.5. The highest BCUT2D eigenvalue weighted by molar-refractivity contribution is 5.68. The van der Waals surface area contributed by atoms with Crippen LogP contribution in [0.2, 0.25) is 0 Å². The Balaban J connectivity index is 2.25. The highest BCUT2D eigenvalue weighted by atomic mass is 16.5. The van der Waals surface area contributed by atoms with Crippen LogP contribution in [0.1, 0.15) is 0 Å². The lowest BCUT2D eigenvalue weighted by Crippen LogP contribution is -2.23. The van der Waals surface area contributed by atoms with E-state index < -0.39 is 6.09 Å². The average Bonchev–Trinajstić information content (AvgIpc) is 2.49. The Morgan fingerprint density at radius 3 is 3.25 bits per heavy atom. The van der Waals surface area contributed by atoms with E-state index in [0.29, 0.717) is 0 Å². The second-order valence-corrected chi connectivity index (χ2v) is 2.52. The summed E-state index contributed by atoms with van der Waals surface area (Å²) < 4.78 is 5.13.